The Morgan fingerprint density at radius 3 is 2.53 bits per heavy atom. The highest BCUT2D eigenvalue weighted by Gasteiger charge is 2.14. The molecule has 1 aromatic heterocycles. The summed E-state index contributed by atoms with van der Waals surface area (Å²) in [5.41, 5.74) is 2.17. The Morgan fingerprint density at radius 1 is 1.26 bits per heavy atom. The third kappa shape index (κ3) is 3.28. The van der Waals surface area contributed by atoms with Crippen molar-refractivity contribution in [2.24, 2.45) is 5.92 Å². The van der Waals surface area contributed by atoms with Crippen molar-refractivity contribution in [3.63, 3.8) is 0 Å². The van der Waals surface area contributed by atoms with E-state index in [-0.39, 0.29) is 18.1 Å². The van der Waals surface area contributed by atoms with Crippen LogP contribution in [0.3, 0.4) is 0 Å². The van der Waals surface area contributed by atoms with Crippen LogP contribution in [0.15, 0.2) is 28.8 Å². The average Bonchev–Trinajstić information content (AvgIpc) is 2.87. The molecule has 0 atom stereocenters. The van der Waals surface area contributed by atoms with Gasteiger partial charge < -0.3 is 4.52 Å². The summed E-state index contributed by atoms with van der Waals surface area (Å²) in [5, 5.41) is 3.92. The maximum absolute atomic E-state index is 11.6. The molecule has 1 heterocycles. The van der Waals surface area contributed by atoms with Gasteiger partial charge in [0.05, 0.1) is 6.42 Å². The van der Waals surface area contributed by atoms with Crippen molar-refractivity contribution >= 4 is 5.78 Å². The fourth-order valence-electron chi connectivity index (χ4n) is 1.69. The van der Waals surface area contributed by atoms with E-state index in [1.165, 1.54) is 5.56 Å². The molecule has 19 heavy (non-hydrogen) atoms. The lowest BCUT2D eigenvalue weighted by Gasteiger charge is -1.99. The van der Waals surface area contributed by atoms with E-state index in [2.05, 4.69) is 17.1 Å². The van der Waals surface area contributed by atoms with Gasteiger partial charge in [0.25, 0.3) is 0 Å². The number of rotatable bonds is 5. The number of nitrogens with zero attached hydrogens (tertiary/aromatic N) is 2. The minimum atomic E-state index is -0.0146. The summed E-state index contributed by atoms with van der Waals surface area (Å²) in [6.45, 7) is 5.84. The number of aryl methyl sites for hydroxylation is 1. The van der Waals surface area contributed by atoms with Gasteiger partial charge in [-0.15, -0.1) is 0 Å². The predicted molar refractivity (Wildman–Crippen MR) is 72.7 cm³/mol. The first kappa shape index (κ1) is 13.5. The fourth-order valence-corrected chi connectivity index (χ4v) is 1.69. The van der Waals surface area contributed by atoms with Gasteiger partial charge >= 0.3 is 0 Å². The summed E-state index contributed by atoms with van der Waals surface area (Å²) in [6, 6.07) is 8.03. The molecule has 4 heteroatoms. The Kier molecular flexibility index (Phi) is 4.10. The SMILES string of the molecule is CCc1ccc(-c2noc(CC(=O)C(C)C)n2)cc1. The average molecular weight is 258 g/mol. The Hall–Kier alpha value is -1.97. The van der Waals surface area contributed by atoms with Crippen LogP contribution in [0.25, 0.3) is 11.4 Å². The molecule has 0 spiro atoms. The van der Waals surface area contributed by atoms with Gasteiger partial charge in [-0.25, -0.2) is 0 Å². The van der Waals surface area contributed by atoms with Crippen molar-refractivity contribution in [1.82, 2.24) is 10.1 Å². The van der Waals surface area contributed by atoms with Gasteiger partial charge in [0, 0.05) is 11.5 Å². The molecule has 2 aromatic rings. The van der Waals surface area contributed by atoms with Gasteiger partial charge in [-0.05, 0) is 12.0 Å². The second-order valence-electron chi connectivity index (χ2n) is 4.86. The van der Waals surface area contributed by atoms with E-state index in [1.54, 1.807) is 0 Å². The number of hydrogen-bond donors (Lipinski definition) is 0. The number of carbonyl (C=O) groups excluding carboxylic acids is 1. The first-order valence-electron chi connectivity index (χ1n) is 6.54. The highest BCUT2D eigenvalue weighted by molar-refractivity contribution is 5.81. The molecule has 1 aromatic carbocycles. The molecule has 2 rings (SSSR count). The van der Waals surface area contributed by atoms with E-state index in [4.69, 9.17) is 4.52 Å². The highest BCUT2D eigenvalue weighted by Crippen LogP contribution is 2.17. The van der Waals surface area contributed by atoms with E-state index in [1.807, 2.05) is 38.1 Å². The van der Waals surface area contributed by atoms with Crippen LogP contribution in [0.5, 0.6) is 0 Å². The zero-order valence-corrected chi connectivity index (χ0v) is 11.5. The molecule has 0 fully saturated rings. The van der Waals surface area contributed by atoms with Crippen molar-refractivity contribution in [2.45, 2.75) is 33.6 Å². The van der Waals surface area contributed by atoms with Gasteiger partial charge in [-0.3, -0.25) is 4.79 Å². The quantitative estimate of drug-likeness (QED) is 0.827. The predicted octanol–water partition coefficient (Wildman–Crippen LogP) is 3.07. The summed E-state index contributed by atoms with van der Waals surface area (Å²) in [5.74, 6) is 1.01. The standard InChI is InChI=1S/C15H18N2O2/c1-4-11-5-7-12(8-6-11)15-16-14(19-17-15)9-13(18)10(2)3/h5-8,10H,4,9H2,1-3H3. The molecule has 0 saturated heterocycles. The first-order valence-corrected chi connectivity index (χ1v) is 6.54. The zero-order valence-electron chi connectivity index (χ0n) is 11.5. The largest absolute Gasteiger partial charge is 0.339 e. The van der Waals surface area contributed by atoms with Crippen LogP contribution in [0.4, 0.5) is 0 Å². The van der Waals surface area contributed by atoms with Crippen molar-refractivity contribution in [2.75, 3.05) is 0 Å². The normalized spacial score (nSPS) is 10.9. The number of benzene rings is 1. The Labute approximate surface area is 112 Å². The summed E-state index contributed by atoms with van der Waals surface area (Å²) in [4.78, 5) is 15.9. The topological polar surface area (TPSA) is 56.0 Å². The van der Waals surface area contributed by atoms with E-state index in [9.17, 15) is 4.79 Å². The second kappa shape index (κ2) is 5.78. The molecule has 100 valence electrons. The molecule has 0 N–H and O–H groups in total. The Balaban J connectivity index is 2.13. The molecule has 0 aliphatic carbocycles. The summed E-state index contributed by atoms with van der Waals surface area (Å²) < 4.78 is 5.11. The van der Waals surface area contributed by atoms with Gasteiger partial charge in [-0.1, -0.05) is 50.2 Å². The van der Waals surface area contributed by atoms with E-state index in [0.717, 1.165) is 12.0 Å². The Morgan fingerprint density at radius 2 is 1.95 bits per heavy atom. The third-order valence-corrected chi connectivity index (χ3v) is 3.06. The lowest BCUT2D eigenvalue weighted by molar-refractivity contribution is -0.121. The van der Waals surface area contributed by atoms with Crippen LogP contribution in [-0.2, 0) is 17.6 Å². The molecule has 0 radical (unpaired) electrons. The van der Waals surface area contributed by atoms with Gasteiger partial charge in [0.1, 0.15) is 5.78 Å². The third-order valence-electron chi connectivity index (χ3n) is 3.06. The molecule has 0 unspecified atom stereocenters. The van der Waals surface area contributed by atoms with Crippen molar-refractivity contribution in [1.29, 1.82) is 0 Å². The van der Waals surface area contributed by atoms with Crippen LogP contribution in [-0.4, -0.2) is 15.9 Å². The maximum Gasteiger partial charge on any atom is 0.234 e. The van der Waals surface area contributed by atoms with Crippen LogP contribution < -0.4 is 0 Å². The molecular formula is C15H18N2O2. The van der Waals surface area contributed by atoms with Crippen molar-refractivity contribution in [3.8, 4) is 11.4 Å². The van der Waals surface area contributed by atoms with E-state index in [0.29, 0.717) is 11.7 Å². The number of hydrogen-bond acceptors (Lipinski definition) is 4. The van der Waals surface area contributed by atoms with Crippen molar-refractivity contribution in [3.05, 3.63) is 35.7 Å². The molecule has 0 aliphatic heterocycles. The maximum atomic E-state index is 11.6. The molecule has 0 amide bonds. The minimum Gasteiger partial charge on any atom is -0.339 e. The molecule has 0 bridgehead atoms. The van der Waals surface area contributed by atoms with Gasteiger partial charge in [0.2, 0.25) is 11.7 Å². The van der Waals surface area contributed by atoms with Crippen molar-refractivity contribution < 1.29 is 9.32 Å². The summed E-state index contributed by atoms with van der Waals surface area (Å²) in [6.07, 6.45) is 1.21. The molecule has 0 saturated carbocycles. The Bertz CT molecular complexity index is 556. The fraction of sp³-hybridized carbons (Fsp3) is 0.400. The monoisotopic (exact) mass is 258 g/mol. The van der Waals surface area contributed by atoms with E-state index < -0.39 is 0 Å². The minimum absolute atomic E-state index is 0.0146. The van der Waals surface area contributed by atoms with E-state index >= 15 is 0 Å². The zero-order chi connectivity index (χ0) is 13.8. The highest BCUT2D eigenvalue weighted by atomic mass is 16.5. The van der Waals surface area contributed by atoms with Crippen LogP contribution >= 0.6 is 0 Å². The van der Waals surface area contributed by atoms with Crippen LogP contribution in [0.1, 0.15) is 32.2 Å². The summed E-state index contributed by atoms with van der Waals surface area (Å²) in [7, 11) is 0. The van der Waals surface area contributed by atoms with Crippen LogP contribution in [0.2, 0.25) is 0 Å². The summed E-state index contributed by atoms with van der Waals surface area (Å²) >= 11 is 0. The number of aromatic nitrogens is 2. The lowest BCUT2D eigenvalue weighted by Crippen LogP contribution is -2.10. The second-order valence-corrected chi connectivity index (χ2v) is 4.86. The molecule has 0 aliphatic rings. The number of carbonyl (C=O) groups is 1. The van der Waals surface area contributed by atoms with Crippen LogP contribution in [0, 0.1) is 5.92 Å². The molecule has 4 nitrogen and oxygen atoms in total. The number of ketones is 1. The van der Waals surface area contributed by atoms with Gasteiger partial charge in [-0.2, -0.15) is 4.98 Å². The lowest BCUT2D eigenvalue weighted by atomic mass is 10.1. The molecular weight excluding hydrogens is 240 g/mol. The number of Topliss-reactive ketones (excluding diaryl/α,β-unsaturated/α-hetero) is 1. The first-order chi connectivity index (χ1) is 9.10. The smallest absolute Gasteiger partial charge is 0.234 e. The van der Waals surface area contributed by atoms with Gasteiger partial charge in [0.15, 0.2) is 0 Å².